The average Bonchev–Trinajstić information content (AvgIpc) is 2.62. The van der Waals surface area contributed by atoms with Crippen molar-refractivity contribution in [3.8, 4) is 6.07 Å². The Morgan fingerprint density at radius 1 is 1.44 bits per heavy atom. The van der Waals surface area contributed by atoms with Crippen LogP contribution in [0.5, 0.6) is 0 Å². The summed E-state index contributed by atoms with van der Waals surface area (Å²) in [6, 6.07) is 4.42. The first-order valence-corrected chi connectivity index (χ1v) is 5.32. The zero-order valence-corrected chi connectivity index (χ0v) is 9.66. The second-order valence-corrected chi connectivity index (χ2v) is 3.96. The second-order valence-electron chi connectivity index (χ2n) is 3.96. The molecule has 1 amide bonds. The Morgan fingerprint density at radius 3 is 2.83 bits per heavy atom. The number of halogens is 1. The smallest absolute Gasteiger partial charge is 0.296 e. The van der Waals surface area contributed by atoms with Crippen LogP contribution in [0.2, 0.25) is 0 Å². The van der Waals surface area contributed by atoms with Gasteiger partial charge in [-0.05, 0) is 12.1 Å². The highest BCUT2D eigenvalue weighted by molar-refractivity contribution is 6.51. The molecule has 6 heteroatoms. The Hall–Kier alpha value is -2.42. The van der Waals surface area contributed by atoms with Crippen LogP contribution in [-0.4, -0.2) is 25.3 Å². The summed E-state index contributed by atoms with van der Waals surface area (Å²) in [7, 11) is 1.64. The lowest BCUT2D eigenvalue weighted by Crippen LogP contribution is -2.19. The molecule has 0 saturated heterocycles. The maximum atomic E-state index is 13.8. The van der Waals surface area contributed by atoms with Gasteiger partial charge in [-0.2, -0.15) is 5.26 Å². The van der Waals surface area contributed by atoms with E-state index in [1.807, 2.05) is 6.07 Å². The Labute approximate surface area is 103 Å². The van der Waals surface area contributed by atoms with Crippen LogP contribution in [-0.2, 0) is 4.79 Å². The number of fused-ring (bicyclic) bond motifs is 1. The van der Waals surface area contributed by atoms with Crippen molar-refractivity contribution in [1.29, 1.82) is 5.26 Å². The summed E-state index contributed by atoms with van der Waals surface area (Å²) in [6.45, 7) is 0.369. The molecule has 0 aliphatic carbocycles. The molecule has 1 heterocycles. The number of nitrogens with zero attached hydrogens (tertiary/aromatic N) is 2. The molecule has 0 bridgehead atoms. The van der Waals surface area contributed by atoms with Gasteiger partial charge in [-0.25, -0.2) is 4.39 Å². The molecule has 1 aliphatic rings. The zero-order valence-electron chi connectivity index (χ0n) is 9.66. The Kier molecular flexibility index (Phi) is 2.98. The minimum atomic E-state index is -0.749. The molecular weight excluding hydrogens is 237 g/mol. The number of amides is 1. The fraction of sp³-hybridized carbons (Fsp3) is 0.250. The number of anilines is 2. The van der Waals surface area contributed by atoms with E-state index < -0.39 is 17.5 Å². The van der Waals surface area contributed by atoms with E-state index >= 15 is 0 Å². The molecule has 0 radical (unpaired) electrons. The van der Waals surface area contributed by atoms with Crippen molar-refractivity contribution < 1.29 is 14.0 Å². The number of carbonyl (C=O) groups is 2. The fourth-order valence-corrected chi connectivity index (χ4v) is 1.79. The van der Waals surface area contributed by atoms with Gasteiger partial charge in [0.1, 0.15) is 5.82 Å². The number of benzene rings is 1. The topological polar surface area (TPSA) is 73.2 Å². The molecule has 0 atom stereocenters. The lowest BCUT2D eigenvalue weighted by atomic mass is 10.1. The van der Waals surface area contributed by atoms with Gasteiger partial charge in [0.25, 0.3) is 11.7 Å². The van der Waals surface area contributed by atoms with E-state index in [1.165, 1.54) is 6.07 Å². The highest BCUT2D eigenvalue weighted by Gasteiger charge is 2.29. The lowest BCUT2D eigenvalue weighted by Gasteiger charge is -2.19. The Bertz CT molecular complexity index is 577. The van der Waals surface area contributed by atoms with Crippen LogP contribution in [0.25, 0.3) is 0 Å². The van der Waals surface area contributed by atoms with Crippen molar-refractivity contribution in [2.24, 2.45) is 0 Å². The number of nitriles is 1. The van der Waals surface area contributed by atoms with Crippen molar-refractivity contribution in [1.82, 2.24) is 0 Å². The molecule has 2 rings (SSSR count). The number of nitrogens with one attached hydrogen (secondary N) is 1. The van der Waals surface area contributed by atoms with Gasteiger partial charge in [-0.3, -0.25) is 9.59 Å². The highest BCUT2D eigenvalue weighted by atomic mass is 19.1. The molecule has 5 nitrogen and oxygen atoms in total. The maximum Gasteiger partial charge on any atom is 0.296 e. The van der Waals surface area contributed by atoms with Crippen LogP contribution in [0.15, 0.2) is 12.1 Å². The average molecular weight is 247 g/mol. The standard InChI is InChI=1S/C12H10FN3O2/c1-16(4-2-3-14)10-6-9-7(5-8(10)13)11(17)12(18)15-9/h5-6H,2,4H2,1H3,(H,15,17,18). The van der Waals surface area contributed by atoms with Crippen molar-refractivity contribution >= 4 is 23.1 Å². The lowest BCUT2D eigenvalue weighted by molar-refractivity contribution is -0.112. The molecule has 1 N–H and O–H groups in total. The molecule has 92 valence electrons. The molecule has 1 aromatic carbocycles. The van der Waals surface area contributed by atoms with E-state index in [9.17, 15) is 14.0 Å². The van der Waals surface area contributed by atoms with Gasteiger partial charge in [-0.15, -0.1) is 0 Å². The minimum absolute atomic E-state index is 0.0509. The number of rotatable bonds is 3. The number of Topliss-reactive ketones (excluding diaryl/α,β-unsaturated/α-hetero) is 1. The third-order valence-corrected chi connectivity index (χ3v) is 2.76. The predicted octanol–water partition coefficient (Wildman–Crippen LogP) is 1.31. The summed E-state index contributed by atoms with van der Waals surface area (Å²) in [4.78, 5) is 24.1. The number of hydrogen-bond acceptors (Lipinski definition) is 4. The van der Waals surface area contributed by atoms with Crippen molar-refractivity contribution in [2.75, 3.05) is 23.8 Å². The summed E-state index contributed by atoms with van der Waals surface area (Å²) in [5.41, 5.74) is 0.610. The minimum Gasteiger partial charge on any atom is -0.371 e. The van der Waals surface area contributed by atoms with Gasteiger partial charge in [0.2, 0.25) is 0 Å². The van der Waals surface area contributed by atoms with Gasteiger partial charge in [0, 0.05) is 13.6 Å². The van der Waals surface area contributed by atoms with Crippen molar-refractivity contribution in [3.63, 3.8) is 0 Å². The molecule has 18 heavy (non-hydrogen) atoms. The second kappa shape index (κ2) is 4.45. The molecular formula is C12H10FN3O2. The van der Waals surface area contributed by atoms with Gasteiger partial charge in [0.05, 0.1) is 29.4 Å². The Balaban J connectivity index is 2.36. The SMILES string of the molecule is CN(CCC#N)c1cc2c(cc1F)C(=O)C(=O)N2. The molecule has 0 saturated carbocycles. The third-order valence-electron chi connectivity index (χ3n) is 2.76. The molecule has 0 spiro atoms. The summed E-state index contributed by atoms with van der Waals surface area (Å²) >= 11 is 0. The van der Waals surface area contributed by atoms with Gasteiger partial charge < -0.3 is 10.2 Å². The fourth-order valence-electron chi connectivity index (χ4n) is 1.79. The van der Waals surface area contributed by atoms with Crippen LogP contribution in [0, 0.1) is 17.1 Å². The Morgan fingerprint density at radius 2 is 2.17 bits per heavy atom. The van der Waals surface area contributed by atoms with Gasteiger partial charge >= 0.3 is 0 Å². The largest absolute Gasteiger partial charge is 0.371 e. The quantitative estimate of drug-likeness (QED) is 0.817. The number of hydrogen-bond donors (Lipinski definition) is 1. The van der Waals surface area contributed by atoms with E-state index in [2.05, 4.69) is 5.32 Å². The first-order valence-electron chi connectivity index (χ1n) is 5.32. The summed E-state index contributed by atoms with van der Waals surface area (Å²) in [5.74, 6) is -2.06. The normalized spacial score (nSPS) is 12.9. The first-order chi connectivity index (χ1) is 8.54. The summed E-state index contributed by atoms with van der Waals surface area (Å²) in [6.07, 6.45) is 0.262. The van der Waals surface area contributed by atoms with E-state index in [1.54, 1.807) is 11.9 Å². The predicted molar refractivity (Wildman–Crippen MR) is 62.9 cm³/mol. The summed E-state index contributed by atoms with van der Waals surface area (Å²) < 4.78 is 13.8. The van der Waals surface area contributed by atoms with Crippen LogP contribution >= 0.6 is 0 Å². The molecule has 1 aromatic rings. The monoisotopic (exact) mass is 247 g/mol. The van der Waals surface area contributed by atoms with E-state index in [0.29, 0.717) is 12.2 Å². The zero-order chi connectivity index (χ0) is 13.3. The summed E-state index contributed by atoms with van der Waals surface area (Å²) in [5, 5.41) is 10.9. The number of carbonyl (C=O) groups excluding carboxylic acids is 2. The number of ketones is 1. The molecule has 0 aromatic heterocycles. The molecule has 0 fully saturated rings. The van der Waals surface area contributed by atoms with Crippen LogP contribution in [0.1, 0.15) is 16.8 Å². The highest BCUT2D eigenvalue weighted by Crippen LogP contribution is 2.30. The molecule has 1 aliphatic heterocycles. The van der Waals surface area contributed by atoms with Gasteiger partial charge in [-0.1, -0.05) is 0 Å². The third kappa shape index (κ3) is 1.91. The van der Waals surface area contributed by atoms with E-state index in [0.717, 1.165) is 6.07 Å². The first kappa shape index (κ1) is 12.0. The van der Waals surface area contributed by atoms with Crippen LogP contribution in [0.3, 0.4) is 0 Å². The van der Waals surface area contributed by atoms with Crippen LogP contribution < -0.4 is 10.2 Å². The van der Waals surface area contributed by atoms with E-state index in [4.69, 9.17) is 5.26 Å². The molecule has 0 unspecified atom stereocenters. The van der Waals surface area contributed by atoms with E-state index in [-0.39, 0.29) is 17.7 Å². The van der Waals surface area contributed by atoms with Gasteiger partial charge in [0.15, 0.2) is 0 Å². The maximum absolute atomic E-state index is 13.8. The van der Waals surface area contributed by atoms with Crippen molar-refractivity contribution in [3.05, 3.63) is 23.5 Å². The van der Waals surface area contributed by atoms with Crippen molar-refractivity contribution in [2.45, 2.75) is 6.42 Å². The van der Waals surface area contributed by atoms with Crippen LogP contribution in [0.4, 0.5) is 15.8 Å².